The van der Waals surface area contributed by atoms with Gasteiger partial charge in [-0.25, -0.2) is 21.4 Å². The van der Waals surface area contributed by atoms with Gasteiger partial charge in [-0.05, 0) is 75.2 Å². The maximum atomic E-state index is 13.5. The van der Waals surface area contributed by atoms with E-state index in [2.05, 4.69) is 9.99 Å². The van der Waals surface area contributed by atoms with Crippen molar-refractivity contribution in [3.05, 3.63) is 59.7 Å². The molecular weight excluding hydrogens is 603 g/mol. The third-order valence-corrected chi connectivity index (χ3v) is 11.7. The highest BCUT2D eigenvalue weighted by atomic mass is 32.3. The number of amides is 1. The number of carbonyl (C=O) groups excluding carboxylic acids is 1. The van der Waals surface area contributed by atoms with Crippen LogP contribution in [0.15, 0.2) is 48.5 Å². The minimum absolute atomic E-state index is 0.0207. The minimum Gasteiger partial charge on any atom is -0.337 e. The molecule has 3 rings (SSSR count). The molecule has 1 saturated heterocycles. The van der Waals surface area contributed by atoms with Crippen LogP contribution in [0.4, 0.5) is 11.4 Å². The van der Waals surface area contributed by atoms with Crippen LogP contribution < -0.4 is 8.80 Å². The van der Waals surface area contributed by atoms with Gasteiger partial charge in [-0.2, -0.15) is 3.71 Å². The summed E-state index contributed by atoms with van der Waals surface area (Å²) in [5.41, 5.74) is 1.95. The van der Waals surface area contributed by atoms with E-state index in [-0.39, 0.29) is 37.3 Å². The number of nitrogens with one attached hydrogen (secondary N) is 1. The van der Waals surface area contributed by atoms with Crippen LogP contribution >= 0.6 is 7.75 Å². The van der Waals surface area contributed by atoms with Crippen LogP contribution in [0, 0.1) is 0 Å². The third kappa shape index (κ3) is 9.26. The van der Waals surface area contributed by atoms with Gasteiger partial charge in [0.25, 0.3) is 0 Å². The summed E-state index contributed by atoms with van der Waals surface area (Å²) in [4.78, 5) is 17.5. The molecule has 1 atom stereocenters. The number of nitrogens with zero attached hydrogens (tertiary/aromatic N) is 3. The van der Waals surface area contributed by atoms with Crippen molar-refractivity contribution in [2.75, 3.05) is 61.2 Å². The number of anilines is 2. The first kappa shape index (κ1) is 34.0. The highest BCUT2D eigenvalue weighted by Gasteiger charge is 2.29. The Morgan fingerprint density at radius 2 is 1.55 bits per heavy atom. The molecule has 2 aromatic carbocycles. The molecule has 0 saturated carbocycles. The standard InChI is InChI=1S/C27H41N4O8PS2/c1-6-38-40(33,39-7-2)28-24-12-10-11-23(20-24)26(21-30-17-8-9-18-30)29(3)27(32)19-22-13-15-25(16-14-22)31(41(4,34)35)42(5,36)37/h10-16,20,26H,6-9,17-19,21H2,1-5H3,(H,28,33)/t26-/m1/s1. The third-order valence-electron chi connectivity index (χ3n) is 6.73. The number of hydrogen-bond acceptors (Lipinski definition) is 9. The van der Waals surface area contributed by atoms with Crippen molar-refractivity contribution in [2.45, 2.75) is 39.2 Å². The molecule has 2 aromatic rings. The Hall–Kier alpha value is -2.48. The lowest BCUT2D eigenvalue weighted by Crippen LogP contribution is -2.39. The molecule has 1 heterocycles. The number of hydrogen-bond donors (Lipinski definition) is 1. The van der Waals surface area contributed by atoms with Gasteiger partial charge in [0.05, 0.1) is 43.9 Å². The molecule has 1 aliphatic heterocycles. The van der Waals surface area contributed by atoms with Crippen LogP contribution in [0.2, 0.25) is 0 Å². The second-order valence-corrected chi connectivity index (χ2v) is 15.8. The van der Waals surface area contributed by atoms with Crippen LogP contribution in [0.25, 0.3) is 0 Å². The summed E-state index contributed by atoms with van der Waals surface area (Å²) in [5.74, 6) is -0.178. The first-order valence-corrected chi connectivity index (χ1v) is 19.0. The zero-order valence-electron chi connectivity index (χ0n) is 24.7. The molecule has 15 heteroatoms. The zero-order chi connectivity index (χ0) is 31.1. The normalized spacial score (nSPS) is 15.4. The Balaban J connectivity index is 1.85. The molecule has 1 amide bonds. The van der Waals surface area contributed by atoms with Gasteiger partial charge >= 0.3 is 7.75 Å². The number of carbonyl (C=O) groups is 1. The quantitative estimate of drug-likeness (QED) is 0.284. The monoisotopic (exact) mass is 644 g/mol. The Labute approximate surface area is 249 Å². The fourth-order valence-corrected chi connectivity index (χ4v) is 9.23. The molecular formula is C27H41N4O8PS2. The van der Waals surface area contributed by atoms with Gasteiger partial charge < -0.3 is 9.80 Å². The Kier molecular flexibility index (Phi) is 11.6. The van der Waals surface area contributed by atoms with Crippen molar-refractivity contribution in [1.82, 2.24) is 9.80 Å². The van der Waals surface area contributed by atoms with Crippen LogP contribution in [-0.2, 0) is 44.9 Å². The van der Waals surface area contributed by atoms with E-state index in [4.69, 9.17) is 9.05 Å². The summed E-state index contributed by atoms with van der Waals surface area (Å²) in [6.45, 7) is 6.35. The van der Waals surface area contributed by atoms with E-state index >= 15 is 0 Å². The first-order valence-electron chi connectivity index (χ1n) is 13.7. The minimum atomic E-state index is -4.07. The van der Waals surface area contributed by atoms with Gasteiger partial charge in [0.1, 0.15) is 0 Å². The van der Waals surface area contributed by atoms with E-state index in [0.29, 0.717) is 21.5 Å². The smallest absolute Gasteiger partial charge is 0.337 e. The number of sulfonamides is 2. The molecule has 1 aliphatic rings. The van der Waals surface area contributed by atoms with Crippen LogP contribution in [0.5, 0.6) is 0 Å². The molecule has 1 fully saturated rings. The average molecular weight is 645 g/mol. The highest BCUT2D eigenvalue weighted by Crippen LogP contribution is 2.48. The maximum Gasteiger partial charge on any atom is 0.432 e. The summed E-state index contributed by atoms with van der Waals surface area (Å²) in [7, 11) is -9.97. The lowest BCUT2D eigenvalue weighted by atomic mass is 10.0. The van der Waals surface area contributed by atoms with Gasteiger partial charge in [0.15, 0.2) is 0 Å². The molecule has 0 unspecified atom stereocenters. The zero-order valence-corrected chi connectivity index (χ0v) is 27.3. The molecule has 0 aliphatic carbocycles. The summed E-state index contributed by atoms with van der Waals surface area (Å²) < 4.78 is 72.6. The van der Waals surface area contributed by atoms with Gasteiger partial charge in [0.2, 0.25) is 26.0 Å². The molecule has 1 N–H and O–H groups in total. The Morgan fingerprint density at radius 3 is 2.07 bits per heavy atom. The predicted molar refractivity (Wildman–Crippen MR) is 164 cm³/mol. The second kappa shape index (κ2) is 14.3. The van der Waals surface area contributed by atoms with Crippen molar-refractivity contribution in [2.24, 2.45) is 0 Å². The molecule has 0 radical (unpaired) electrons. The van der Waals surface area contributed by atoms with Crippen LogP contribution in [0.1, 0.15) is 43.9 Å². The van der Waals surface area contributed by atoms with E-state index in [1.807, 2.05) is 18.2 Å². The maximum absolute atomic E-state index is 13.5. The number of rotatable bonds is 15. The highest BCUT2D eigenvalue weighted by molar-refractivity contribution is 8.09. The number of likely N-dealkylation sites (tertiary alicyclic amines) is 1. The molecule has 42 heavy (non-hydrogen) atoms. The lowest BCUT2D eigenvalue weighted by Gasteiger charge is -2.32. The van der Waals surface area contributed by atoms with E-state index in [1.165, 1.54) is 12.1 Å². The first-order chi connectivity index (χ1) is 19.7. The fraction of sp³-hybridized carbons (Fsp3) is 0.519. The van der Waals surface area contributed by atoms with Crippen LogP contribution in [0.3, 0.4) is 0 Å². The largest absolute Gasteiger partial charge is 0.432 e. The Morgan fingerprint density at radius 1 is 0.976 bits per heavy atom. The summed E-state index contributed by atoms with van der Waals surface area (Å²) in [6, 6.07) is 12.9. The van der Waals surface area contributed by atoms with Crippen LogP contribution in [-0.4, -0.2) is 84.9 Å². The number of likely N-dealkylation sites (N-methyl/N-ethyl adjacent to an activating group) is 1. The summed E-state index contributed by atoms with van der Waals surface area (Å²) >= 11 is 0. The van der Waals surface area contributed by atoms with E-state index in [0.717, 1.165) is 44.0 Å². The second-order valence-electron chi connectivity index (χ2n) is 10.2. The Bertz CT molecular complexity index is 1440. The van der Waals surface area contributed by atoms with E-state index in [1.54, 1.807) is 44.0 Å². The molecule has 12 nitrogen and oxygen atoms in total. The van der Waals surface area contributed by atoms with Gasteiger partial charge in [-0.15, -0.1) is 0 Å². The van der Waals surface area contributed by atoms with Crippen molar-refractivity contribution < 1.29 is 35.2 Å². The van der Waals surface area contributed by atoms with Crippen molar-refractivity contribution in [3.63, 3.8) is 0 Å². The van der Waals surface area contributed by atoms with Crippen molar-refractivity contribution >= 4 is 45.1 Å². The topological polar surface area (TPSA) is 143 Å². The van der Waals surface area contributed by atoms with Crippen molar-refractivity contribution in [1.29, 1.82) is 0 Å². The number of benzene rings is 2. The fourth-order valence-electron chi connectivity index (χ4n) is 4.91. The summed E-state index contributed by atoms with van der Waals surface area (Å²) in [6.07, 6.45) is 3.83. The molecule has 0 bridgehead atoms. The predicted octanol–water partition coefficient (Wildman–Crippen LogP) is 3.84. The van der Waals surface area contributed by atoms with E-state index in [9.17, 15) is 26.2 Å². The van der Waals surface area contributed by atoms with Gasteiger partial charge in [0, 0.05) is 19.3 Å². The lowest BCUT2D eigenvalue weighted by molar-refractivity contribution is -0.131. The average Bonchev–Trinajstić information content (AvgIpc) is 3.40. The molecule has 0 spiro atoms. The van der Waals surface area contributed by atoms with Gasteiger partial charge in [-0.3, -0.25) is 18.9 Å². The summed E-state index contributed by atoms with van der Waals surface area (Å²) in [5, 5.41) is 2.89. The SMILES string of the molecule is CCOP(=O)(Nc1cccc([C@@H](CN2CCCC2)N(C)C(=O)Cc2ccc(N(S(C)(=O)=O)S(C)(=O)=O)cc2)c1)OCC. The van der Waals surface area contributed by atoms with E-state index < -0.39 is 27.8 Å². The van der Waals surface area contributed by atoms with Gasteiger partial charge in [-0.1, -0.05) is 24.3 Å². The molecule has 0 aromatic heterocycles. The molecule has 234 valence electrons. The van der Waals surface area contributed by atoms with Crippen molar-refractivity contribution in [3.8, 4) is 0 Å².